The summed E-state index contributed by atoms with van der Waals surface area (Å²) in [6.45, 7) is 5.64. The first-order chi connectivity index (χ1) is 12.5. The fourth-order valence-corrected chi connectivity index (χ4v) is 3.45. The summed E-state index contributed by atoms with van der Waals surface area (Å²) in [5, 5.41) is 1.37. The van der Waals surface area contributed by atoms with Gasteiger partial charge in [0.05, 0.1) is 6.10 Å². The molecule has 1 fully saturated rings. The Kier molecular flexibility index (Phi) is 5.64. The van der Waals surface area contributed by atoms with Crippen molar-refractivity contribution >= 4 is 16.7 Å². The van der Waals surface area contributed by atoms with Gasteiger partial charge in [-0.1, -0.05) is 6.42 Å². The number of fused-ring (bicyclic) bond motifs is 1. The van der Waals surface area contributed by atoms with Gasteiger partial charge in [-0.15, -0.1) is 0 Å². The molecule has 3 rings (SSSR count). The van der Waals surface area contributed by atoms with E-state index >= 15 is 0 Å². The van der Waals surface area contributed by atoms with Gasteiger partial charge >= 0.3 is 5.97 Å². The van der Waals surface area contributed by atoms with Gasteiger partial charge in [0.2, 0.25) is 0 Å². The molecule has 1 unspecified atom stereocenters. The Balaban J connectivity index is 1.81. The minimum atomic E-state index is -0.639. The second kappa shape index (κ2) is 7.94. The van der Waals surface area contributed by atoms with E-state index in [1.807, 2.05) is 26.0 Å². The molecule has 5 heteroatoms. The molecule has 0 amide bonds. The minimum Gasteiger partial charge on any atom is -0.491 e. The predicted octanol–water partition coefficient (Wildman–Crippen LogP) is 4.23. The molecule has 0 spiro atoms. The quantitative estimate of drug-likeness (QED) is 0.752. The van der Waals surface area contributed by atoms with Gasteiger partial charge in [0.15, 0.2) is 0 Å². The van der Waals surface area contributed by atoms with Crippen LogP contribution in [0.2, 0.25) is 0 Å². The van der Waals surface area contributed by atoms with Crippen LogP contribution in [0.1, 0.15) is 58.9 Å². The van der Waals surface area contributed by atoms with Crippen molar-refractivity contribution in [1.29, 1.82) is 0 Å². The summed E-state index contributed by atoms with van der Waals surface area (Å²) in [5.41, 5.74) is -0.188. The summed E-state index contributed by atoms with van der Waals surface area (Å²) in [6.07, 6.45) is 6.97. The summed E-state index contributed by atoms with van der Waals surface area (Å²) in [6, 6.07) is 6.60. The van der Waals surface area contributed by atoms with Crippen molar-refractivity contribution in [1.82, 2.24) is 4.57 Å². The summed E-state index contributed by atoms with van der Waals surface area (Å²) >= 11 is 0. The van der Waals surface area contributed by atoms with Crippen LogP contribution in [-0.4, -0.2) is 22.7 Å². The van der Waals surface area contributed by atoms with Gasteiger partial charge in [-0.3, -0.25) is 4.79 Å². The molecule has 1 atom stereocenters. The van der Waals surface area contributed by atoms with Gasteiger partial charge in [0.1, 0.15) is 17.9 Å². The SMILES string of the molecule is CC(C)Oc1ccc2c(=O)n(C(C)C(=O)OC3CCCCC3)ccc2c1. The number of esters is 1. The summed E-state index contributed by atoms with van der Waals surface area (Å²) in [5.74, 6) is 0.396. The van der Waals surface area contributed by atoms with Crippen molar-refractivity contribution in [2.24, 2.45) is 0 Å². The van der Waals surface area contributed by atoms with Crippen LogP contribution in [0.5, 0.6) is 5.75 Å². The van der Waals surface area contributed by atoms with Crippen LogP contribution < -0.4 is 10.3 Å². The Morgan fingerprint density at radius 2 is 1.85 bits per heavy atom. The molecule has 2 aromatic rings. The third kappa shape index (κ3) is 4.09. The lowest BCUT2D eigenvalue weighted by atomic mass is 9.98. The van der Waals surface area contributed by atoms with Crippen molar-refractivity contribution in [3.05, 3.63) is 40.8 Å². The van der Waals surface area contributed by atoms with Crippen LogP contribution in [-0.2, 0) is 9.53 Å². The molecule has 26 heavy (non-hydrogen) atoms. The highest BCUT2D eigenvalue weighted by molar-refractivity contribution is 5.83. The number of carbonyl (C=O) groups excluding carboxylic acids is 1. The van der Waals surface area contributed by atoms with Crippen LogP contribution in [0, 0.1) is 0 Å². The average Bonchev–Trinajstić information content (AvgIpc) is 2.62. The minimum absolute atomic E-state index is 0.00870. The van der Waals surface area contributed by atoms with Crippen LogP contribution in [0.15, 0.2) is 35.3 Å². The molecule has 1 heterocycles. The van der Waals surface area contributed by atoms with Crippen molar-refractivity contribution in [2.75, 3.05) is 0 Å². The van der Waals surface area contributed by atoms with E-state index in [2.05, 4.69) is 0 Å². The standard InChI is InChI=1S/C21H27NO4/c1-14(2)25-18-9-10-19-16(13-18)11-12-22(20(19)23)15(3)21(24)26-17-7-5-4-6-8-17/h9-15,17H,4-8H2,1-3H3. The number of benzene rings is 1. The number of rotatable bonds is 5. The Bertz CT molecular complexity index is 834. The van der Waals surface area contributed by atoms with Crippen molar-refractivity contribution < 1.29 is 14.3 Å². The number of carbonyl (C=O) groups is 1. The van der Waals surface area contributed by atoms with E-state index in [9.17, 15) is 9.59 Å². The summed E-state index contributed by atoms with van der Waals surface area (Å²) in [4.78, 5) is 25.3. The van der Waals surface area contributed by atoms with Gasteiger partial charge in [-0.05, 0) is 76.1 Å². The molecule has 1 saturated carbocycles. The van der Waals surface area contributed by atoms with Crippen molar-refractivity contribution in [3.8, 4) is 5.75 Å². The molecule has 0 aliphatic heterocycles. The molecule has 1 aliphatic carbocycles. The molecular weight excluding hydrogens is 330 g/mol. The maximum absolute atomic E-state index is 12.8. The highest BCUT2D eigenvalue weighted by atomic mass is 16.5. The molecular formula is C21H27NO4. The topological polar surface area (TPSA) is 57.5 Å². The number of ether oxygens (including phenoxy) is 2. The van der Waals surface area contributed by atoms with E-state index in [-0.39, 0.29) is 23.7 Å². The second-order valence-corrected chi connectivity index (χ2v) is 7.32. The Morgan fingerprint density at radius 3 is 2.54 bits per heavy atom. The maximum atomic E-state index is 12.8. The lowest BCUT2D eigenvalue weighted by Gasteiger charge is -2.24. The molecule has 1 aliphatic rings. The number of aromatic nitrogens is 1. The third-order valence-electron chi connectivity index (χ3n) is 4.87. The third-order valence-corrected chi connectivity index (χ3v) is 4.87. The summed E-state index contributed by atoms with van der Waals surface area (Å²) < 4.78 is 12.8. The molecule has 0 saturated heterocycles. The highest BCUT2D eigenvalue weighted by Gasteiger charge is 2.23. The maximum Gasteiger partial charge on any atom is 0.329 e. The number of hydrogen-bond donors (Lipinski definition) is 0. The smallest absolute Gasteiger partial charge is 0.329 e. The van der Waals surface area contributed by atoms with Gasteiger partial charge in [0.25, 0.3) is 5.56 Å². The van der Waals surface area contributed by atoms with Crippen molar-refractivity contribution in [2.45, 2.75) is 71.1 Å². The molecule has 1 aromatic heterocycles. The van der Waals surface area contributed by atoms with Gasteiger partial charge in [-0.25, -0.2) is 4.79 Å². The van der Waals surface area contributed by atoms with Gasteiger partial charge in [-0.2, -0.15) is 0 Å². The van der Waals surface area contributed by atoms with Crippen LogP contribution in [0.25, 0.3) is 10.8 Å². The monoisotopic (exact) mass is 357 g/mol. The van der Waals surface area contributed by atoms with E-state index in [1.165, 1.54) is 11.0 Å². The molecule has 0 bridgehead atoms. The molecule has 5 nitrogen and oxygen atoms in total. The molecule has 0 radical (unpaired) electrons. The van der Waals surface area contributed by atoms with E-state index in [0.717, 1.165) is 36.8 Å². The van der Waals surface area contributed by atoms with Crippen LogP contribution in [0.3, 0.4) is 0 Å². The lowest BCUT2D eigenvalue weighted by molar-refractivity contribution is -0.154. The number of nitrogens with zero attached hydrogens (tertiary/aromatic N) is 1. The highest BCUT2D eigenvalue weighted by Crippen LogP contribution is 2.23. The Labute approximate surface area is 153 Å². The largest absolute Gasteiger partial charge is 0.491 e. The van der Waals surface area contributed by atoms with Crippen molar-refractivity contribution in [3.63, 3.8) is 0 Å². The molecule has 0 N–H and O–H groups in total. The van der Waals surface area contributed by atoms with E-state index < -0.39 is 6.04 Å². The van der Waals surface area contributed by atoms with Gasteiger partial charge in [0, 0.05) is 11.6 Å². The first-order valence-electron chi connectivity index (χ1n) is 9.48. The van der Waals surface area contributed by atoms with E-state index in [1.54, 1.807) is 25.3 Å². The van der Waals surface area contributed by atoms with E-state index in [4.69, 9.17) is 9.47 Å². The van der Waals surface area contributed by atoms with Crippen LogP contribution >= 0.6 is 0 Å². The lowest BCUT2D eigenvalue weighted by Crippen LogP contribution is -2.31. The summed E-state index contributed by atoms with van der Waals surface area (Å²) in [7, 11) is 0. The number of pyridine rings is 1. The van der Waals surface area contributed by atoms with Crippen LogP contribution in [0.4, 0.5) is 0 Å². The Hall–Kier alpha value is -2.30. The Morgan fingerprint density at radius 1 is 1.12 bits per heavy atom. The van der Waals surface area contributed by atoms with Gasteiger partial charge < -0.3 is 14.0 Å². The molecule has 140 valence electrons. The molecule has 1 aromatic carbocycles. The zero-order chi connectivity index (χ0) is 18.7. The number of hydrogen-bond acceptors (Lipinski definition) is 4. The fourth-order valence-electron chi connectivity index (χ4n) is 3.45. The first-order valence-corrected chi connectivity index (χ1v) is 9.48. The van der Waals surface area contributed by atoms with E-state index in [0.29, 0.717) is 5.39 Å². The fraction of sp³-hybridized carbons (Fsp3) is 0.524. The predicted molar refractivity (Wildman–Crippen MR) is 102 cm³/mol. The zero-order valence-corrected chi connectivity index (χ0v) is 15.7. The average molecular weight is 357 g/mol. The normalized spacial score (nSPS) is 16.6. The second-order valence-electron chi connectivity index (χ2n) is 7.32. The zero-order valence-electron chi connectivity index (χ0n) is 15.7. The first kappa shape index (κ1) is 18.5.